The number of nitrogens with zero attached hydrogens (tertiary/aromatic N) is 1. The van der Waals surface area contributed by atoms with E-state index in [1.54, 1.807) is 11.3 Å². The van der Waals surface area contributed by atoms with E-state index in [0.717, 1.165) is 0 Å². The Hall–Kier alpha value is -1.71. The van der Waals surface area contributed by atoms with Gasteiger partial charge in [-0.1, -0.05) is 24.3 Å². The van der Waals surface area contributed by atoms with Gasteiger partial charge in [-0.25, -0.2) is 0 Å². The second-order valence-corrected chi connectivity index (χ2v) is 4.87. The fourth-order valence-electron chi connectivity index (χ4n) is 2.07. The van der Waals surface area contributed by atoms with Gasteiger partial charge in [0.25, 0.3) is 0 Å². The molecule has 2 nitrogen and oxygen atoms in total. The monoisotopic (exact) mass is 240 g/mol. The van der Waals surface area contributed by atoms with Crippen molar-refractivity contribution in [2.45, 2.75) is 6.54 Å². The Balaban J connectivity index is 2.31. The average Bonchev–Trinajstić information content (AvgIpc) is 2.86. The van der Waals surface area contributed by atoms with Crippen molar-refractivity contribution in [1.82, 2.24) is 4.98 Å². The predicted molar refractivity (Wildman–Crippen MR) is 72.9 cm³/mol. The zero-order valence-corrected chi connectivity index (χ0v) is 10.1. The number of hydrogen-bond acceptors (Lipinski definition) is 3. The number of benzene rings is 1. The second-order valence-electron chi connectivity index (χ2n) is 3.87. The van der Waals surface area contributed by atoms with Crippen LogP contribution in [0.2, 0.25) is 0 Å². The summed E-state index contributed by atoms with van der Waals surface area (Å²) in [6, 6.07) is 10.4. The van der Waals surface area contributed by atoms with Crippen molar-refractivity contribution < 1.29 is 0 Å². The molecular weight excluding hydrogens is 228 g/mol. The van der Waals surface area contributed by atoms with Crippen LogP contribution in [0.1, 0.15) is 4.88 Å². The lowest BCUT2D eigenvalue weighted by Gasteiger charge is -2.06. The molecule has 0 saturated heterocycles. The third-order valence-corrected chi connectivity index (χ3v) is 3.83. The maximum Gasteiger partial charge on any atom is 0.0353 e. The molecule has 0 aliphatic carbocycles. The summed E-state index contributed by atoms with van der Waals surface area (Å²) in [5.74, 6) is 0. The SMILES string of the molecule is NCc1sccc1-c1cncc2ccccc12. The Morgan fingerprint density at radius 2 is 1.94 bits per heavy atom. The van der Waals surface area contributed by atoms with Gasteiger partial charge >= 0.3 is 0 Å². The molecule has 3 aromatic rings. The first-order valence-corrected chi connectivity index (χ1v) is 6.37. The largest absolute Gasteiger partial charge is 0.326 e. The van der Waals surface area contributed by atoms with Gasteiger partial charge in [-0.05, 0) is 22.4 Å². The van der Waals surface area contributed by atoms with Gasteiger partial charge in [0.05, 0.1) is 0 Å². The maximum absolute atomic E-state index is 5.77. The van der Waals surface area contributed by atoms with Gasteiger partial charge in [0.2, 0.25) is 0 Å². The van der Waals surface area contributed by atoms with E-state index >= 15 is 0 Å². The maximum atomic E-state index is 5.77. The number of pyridine rings is 1. The van der Waals surface area contributed by atoms with Gasteiger partial charge < -0.3 is 5.73 Å². The Morgan fingerprint density at radius 1 is 1.06 bits per heavy atom. The van der Waals surface area contributed by atoms with Gasteiger partial charge in [0, 0.05) is 34.8 Å². The molecule has 3 rings (SSSR count). The summed E-state index contributed by atoms with van der Waals surface area (Å²) in [5.41, 5.74) is 8.15. The van der Waals surface area contributed by atoms with Crippen LogP contribution in [0.3, 0.4) is 0 Å². The molecular formula is C14H12N2S. The first kappa shape index (κ1) is 10.4. The van der Waals surface area contributed by atoms with Crippen LogP contribution in [0, 0.1) is 0 Å². The molecule has 2 N–H and O–H groups in total. The van der Waals surface area contributed by atoms with E-state index in [1.807, 2.05) is 18.5 Å². The molecule has 0 bridgehead atoms. The van der Waals surface area contributed by atoms with E-state index < -0.39 is 0 Å². The molecule has 0 spiro atoms. The van der Waals surface area contributed by atoms with Gasteiger partial charge in [-0.15, -0.1) is 11.3 Å². The van der Waals surface area contributed by atoms with Crippen molar-refractivity contribution in [3.05, 3.63) is 53.0 Å². The van der Waals surface area contributed by atoms with Crippen LogP contribution in [0.4, 0.5) is 0 Å². The molecule has 2 heterocycles. The molecule has 0 saturated carbocycles. The van der Waals surface area contributed by atoms with Crippen LogP contribution in [-0.2, 0) is 6.54 Å². The number of thiophene rings is 1. The first-order valence-electron chi connectivity index (χ1n) is 5.49. The highest BCUT2D eigenvalue weighted by atomic mass is 32.1. The molecule has 1 aromatic carbocycles. The highest BCUT2D eigenvalue weighted by Gasteiger charge is 2.08. The third-order valence-electron chi connectivity index (χ3n) is 2.89. The van der Waals surface area contributed by atoms with E-state index in [0.29, 0.717) is 6.54 Å². The van der Waals surface area contributed by atoms with Crippen LogP contribution >= 0.6 is 11.3 Å². The molecule has 0 aliphatic rings. The molecule has 0 aliphatic heterocycles. The van der Waals surface area contributed by atoms with Crippen molar-refractivity contribution in [2.75, 3.05) is 0 Å². The number of aromatic nitrogens is 1. The quantitative estimate of drug-likeness (QED) is 0.745. The van der Waals surface area contributed by atoms with Crippen LogP contribution < -0.4 is 5.73 Å². The molecule has 0 fully saturated rings. The average molecular weight is 240 g/mol. The van der Waals surface area contributed by atoms with E-state index in [9.17, 15) is 0 Å². The lowest BCUT2D eigenvalue weighted by Crippen LogP contribution is -1.95. The van der Waals surface area contributed by atoms with Gasteiger partial charge in [0.15, 0.2) is 0 Å². The zero-order valence-electron chi connectivity index (χ0n) is 9.26. The van der Waals surface area contributed by atoms with E-state index in [-0.39, 0.29) is 0 Å². The Morgan fingerprint density at radius 3 is 2.82 bits per heavy atom. The van der Waals surface area contributed by atoms with Crippen molar-refractivity contribution in [3.8, 4) is 11.1 Å². The smallest absolute Gasteiger partial charge is 0.0353 e. The normalized spacial score (nSPS) is 10.9. The number of nitrogens with two attached hydrogens (primary N) is 1. The lowest BCUT2D eigenvalue weighted by molar-refractivity contribution is 1.11. The lowest BCUT2D eigenvalue weighted by atomic mass is 10.0. The standard InChI is InChI=1S/C14H12N2S/c15-7-14-12(5-6-17-14)13-9-16-8-10-3-1-2-4-11(10)13/h1-6,8-9H,7,15H2. The molecule has 0 amide bonds. The van der Waals surface area contributed by atoms with Crippen LogP contribution in [0.5, 0.6) is 0 Å². The Kier molecular flexibility index (Phi) is 2.63. The van der Waals surface area contributed by atoms with Crippen molar-refractivity contribution in [3.63, 3.8) is 0 Å². The van der Waals surface area contributed by atoms with Crippen molar-refractivity contribution in [2.24, 2.45) is 5.73 Å². The van der Waals surface area contributed by atoms with Gasteiger partial charge in [-0.2, -0.15) is 0 Å². The van der Waals surface area contributed by atoms with Crippen molar-refractivity contribution in [1.29, 1.82) is 0 Å². The molecule has 17 heavy (non-hydrogen) atoms. The van der Waals surface area contributed by atoms with Crippen LogP contribution in [0.15, 0.2) is 48.1 Å². The minimum Gasteiger partial charge on any atom is -0.326 e. The van der Waals surface area contributed by atoms with Crippen LogP contribution in [-0.4, -0.2) is 4.98 Å². The summed E-state index contributed by atoms with van der Waals surface area (Å²) >= 11 is 1.70. The fourth-order valence-corrected chi connectivity index (χ4v) is 2.84. The molecule has 0 atom stereocenters. The summed E-state index contributed by atoms with van der Waals surface area (Å²) in [7, 11) is 0. The molecule has 2 aromatic heterocycles. The van der Waals surface area contributed by atoms with Crippen molar-refractivity contribution >= 4 is 22.1 Å². The summed E-state index contributed by atoms with van der Waals surface area (Å²) < 4.78 is 0. The minimum atomic E-state index is 0.580. The molecule has 84 valence electrons. The van der Waals surface area contributed by atoms with E-state index in [1.165, 1.54) is 26.8 Å². The Bertz CT molecular complexity index is 653. The zero-order chi connectivity index (χ0) is 11.7. The highest BCUT2D eigenvalue weighted by Crippen LogP contribution is 2.32. The first-order chi connectivity index (χ1) is 8.40. The summed E-state index contributed by atoms with van der Waals surface area (Å²) in [6.07, 6.45) is 3.82. The van der Waals surface area contributed by atoms with Crippen LogP contribution in [0.25, 0.3) is 21.9 Å². The Labute approximate surface area is 104 Å². The minimum absolute atomic E-state index is 0.580. The fraction of sp³-hybridized carbons (Fsp3) is 0.0714. The highest BCUT2D eigenvalue weighted by molar-refractivity contribution is 7.10. The number of fused-ring (bicyclic) bond motifs is 1. The van der Waals surface area contributed by atoms with Gasteiger partial charge in [0.1, 0.15) is 0 Å². The predicted octanol–water partition coefficient (Wildman–Crippen LogP) is 3.42. The topological polar surface area (TPSA) is 38.9 Å². The van der Waals surface area contributed by atoms with E-state index in [4.69, 9.17) is 5.73 Å². The van der Waals surface area contributed by atoms with E-state index in [2.05, 4.69) is 34.6 Å². The molecule has 0 radical (unpaired) electrons. The summed E-state index contributed by atoms with van der Waals surface area (Å²) in [5, 5.41) is 4.48. The second kappa shape index (κ2) is 4.28. The number of rotatable bonds is 2. The third kappa shape index (κ3) is 1.73. The van der Waals surface area contributed by atoms with Gasteiger partial charge in [-0.3, -0.25) is 4.98 Å². The molecule has 3 heteroatoms. The summed E-state index contributed by atoms with van der Waals surface area (Å²) in [4.78, 5) is 5.52. The summed E-state index contributed by atoms with van der Waals surface area (Å²) in [6.45, 7) is 0.580. The molecule has 0 unspecified atom stereocenters. The number of hydrogen-bond donors (Lipinski definition) is 1.